The molecule has 1 aliphatic heterocycles. The first-order chi connectivity index (χ1) is 9.84. The van der Waals surface area contributed by atoms with Gasteiger partial charge in [0.15, 0.2) is 0 Å². The van der Waals surface area contributed by atoms with Crippen molar-refractivity contribution in [2.45, 2.75) is 19.4 Å². The molecule has 0 spiro atoms. The lowest BCUT2D eigenvalue weighted by atomic mass is 10.0. The molecule has 1 aromatic rings. The quantitative estimate of drug-likeness (QED) is 0.697. The Labute approximate surface area is 123 Å². The lowest BCUT2D eigenvalue weighted by molar-refractivity contribution is -0.146. The SMILES string of the molecule is CS(=O)(=O)N1CCCC(COC(=O)Cn2cnc(N)n2)C1. The Balaban J connectivity index is 1.78. The molecule has 1 fully saturated rings. The molecule has 2 rings (SSSR count). The second-order valence-corrected chi connectivity index (χ2v) is 7.10. The standard InChI is InChI=1S/C11H19N5O4S/c1-21(18,19)16-4-2-3-9(5-16)7-20-10(17)6-15-8-13-11(12)14-15/h8-9H,2-7H2,1H3,(H2,12,14). The van der Waals surface area contributed by atoms with Gasteiger partial charge in [0.05, 0.1) is 12.9 Å². The second kappa shape index (κ2) is 6.39. The van der Waals surface area contributed by atoms with Gasteiger partial charge in [-0.15, -0.1) is 5.10 Å². The Bertz CT molecular complexity index is 600. The largest absolute Gasteiger partial charge is 0.464 e. The van der Waals surface area contributed by atoms with Gasteiger partial charge in [0.25, 0.3) is 0 Å². The molecule has 1 atom stereocenters. The van der Waals surface area contributed by atoms with E-state index in [0.29, 0.717) is 13.1 Å². The molecule has 9 nitrogen and oxygen atoms in total. The van der Waals surface area contributed by atoms with Gasteiger partial charge >= 0.3 is 5.97 Å². The maximum Gasteiger partial charge on any atom is 0.327 e. The molecule has 21 heavy (non-hydrogen) atoms. The summed E-state index contributed by atoms with van der Waals surface area (Å²) in [6, 6.07) is 0. The van der Waals surface area contributed by atoms with Crippen LogP contribution in [0.1, 0.15) is 12.8 Å². The molecule has 0 bridgehead atoms. The maximum atomic E-state index is 11.7. The zero-order valence-corrected chi connectivity index (χ0v) is 12.6. The Hall–Kier alpha value is -1.68. The minimum Gasteiger partial charge on any atom is -0.464 e. The molecule has 0 saturated carbocycles. The number of hydrogen-bond acceptors (Lipinski definition) is 7. The highest BCUT2D eigenvalue weighted by molar-refractivity contribution is 7.88. The second-order valence-electron chi connectivity index (χ2n) is 5.11. The van der Waals surface area contributed by atoms with Crippen LogP contribution >= 0.6 is 0 Å². The van der Waals surface area contributed by atoms with E-state index in [1.54, 1.807) is 0 Å². The number of ether oxygens (including phenoxy) is 1. The Kier molecular flexibility index (Phi) is 4.78. The molecule has 1 aromatic heterocycles. The minimum absolute atomic E-state index is 0.0261. The third kappa shape index (κ3) is 4.67. The molecule has 1 unspecified atom stereocenters. The number of anilines is 1. The third-order valence-corrected chi connectivity index (χ3v) is 4.55. The summed E-state index contributed by atoms with van der Waals surface area (Å²) in [5, 5.41) is 3.78. The van der Waals surface area contributed by atoms with Crippen LogP contribution in [0.4, 0.5) is 5.95 Å². The van der Waals surface area contributed by atoms with Crippen molar-refractivity contribution in [3.05, 3.63) is 6.33 Å². The van der Waals surface area contributed by atoms with Crippen LogP contribution < -0.4 is 5.73 Å². The van der Waals surface area contributed by atoms with E-state index in [0.717, 1.165) is 12.8 Å². The summed E-state index contributed by atoms with van der Waals surface area (Å²) < 4.78 is 30.9. The van der Waals surface area contributed by atoms with Crippen molar-refractivity contribution in [2.75, 3.05) is 31.7 Å². The van der Waals surface area contributed by atoms with Crippen molar-refractivity contribution in [3.63, 3.8) is 0 Å². The van der Waals surface area contributed by atoms with Gasteiger partial charge in [0.2, 0.25) is 16.0 Å². The molecule has 0 aliphatic carbocycles. The van der Waals surface area contributed by atoms with Gasteiger partial charge < -0.3 is 10.5 Å². The molecule has 118 valence electrons. The molecule has 0 radical (unpaired) electrons. The van der Waals surface area contributed by atoms with Crippen molar-refractivity contribution in [1.82, 2.24) is 19.1 Å². The van der Waals surface area contributed by atoms with E-state index in [-0.39, 0.29) is 25.0 Å². The number of esters is 1. The molecule has 1 aliphatic rings. The Morgan fingerprint density at radius 2 is 2.33 bits per heavy atom. The first-order valence-electron chi connectivity index (χ1n) is 6.60. The van der Waals surface area contributed by atoms with E-state index < -0.39 is 16.0 Å². The number of piperidine rings is 1. The van der Waals surface area contributed by atoms with Crippen molar-refractivity contribution in [3.8, 4) is 0 Å². The highest BCUT2D eigenvalue weighted by atomic mass is 32.2. The highest BCUT2D eigenvalue weighted by Gasteiger charge is 2.26. The van der Waals surface area contributed by atoms with Gasteiger partial charge in [-0.25, -0.2) is 22.4 Å². The van der Waals surface area contributed by atoms with Crippen LogP contribution in [0.25, 0.3) is 0 Å². The van der Waals surface area contributed by atoms with Gasteiger partial charge in [-0.2, -0.15) is 0 Å². The zero-order valence-electron chi connectivity index (χ0n) is 11.8. The van der Waals surface area contributed by atoms with Crippen LogP contribution in [0.5, 0.6) is 0 Å². The van der Waals surface area contributed by atoms with Gasteiger partial charge in [-0.1, -0.05) is 0 Å². The summed E-state index contributed by atoms with van der Waals surface area (Å²) >= 11 is 0. The lowest BCUT2D eigenvalue weighted by Gasteiger charge is -2.30. The highest BCUT2D eigenvalue weighted by Crippen LogP contribution is 2.18. The summed E-state index contributed by atoms with van der Waals surface area (Å²) in [4.78, 5) is 15.4. The predicted molar refractivity (Wildman–Crippen MR) is 74.5 cm³/mol. The number of nitrogens with zero attached hydrogens (tertiary/aromatic N) is 4. The average Bonchev–Trinajstić information content (AvgIpc) is 2.81. The third-order valence-electron chi connectivity index (χ3n) is 3.28. The summed E-state index contributed by atoms with van der Waals surface area (Å²) in [6.07, 6.45) is 4.16. The van der Waals surface area contributed by atoms with Crippen LogP contribution in [-0.4, -0.2) is 59.4 Å². The summed E-state index contributed by atoms with van der Waals surface area (Å²) in [5.41, 5.74) is 5.34. The molecular weight excluding hydrogens is 298 g/mol. The topological polar surface area (TPSA) is 120 Å². The number of rotatable bonds is 5. The number of carbonyl (C=O) groups is 1. The van der Waals surface area contributed by atoms with Crippen LogP contribution in [0.15, 0.2) is 6.33 Å². The fourth-order valence-corrected chi connectivity index (χ4v) is 3.18. The number of nitrogens with two attached hydrogens (primary N) is 1. The van der Waals surface area contributed by atoms with E-state index >= 15 is 0 Å². The van der Waals surface area contributed by atoms with Crippen LogP contribution in [0.2, 0.25) is 0 Å². The van der Waals surface area contributed by atoms with Gasteiger partial charge in [0.1, 0.15) is 12.9 Å². The number of aromatic nitrogens is 3. The van der Waals surface area contributed by atoms with Crippen molar-refractivity contribution < 1.29 is 17.9 Å². The molecule has 0 aromatic carbocycles. The van der Waals surface area contributed by atoms with Crippen molar-refractivity contribution >= 4 is 21.9 Å². The molecule has 1 saturated heterocycles. The average molecular weight is 317 g/mol. The van der Waals surface area contributed by atoms with Crippen LogP contribution in [-0.2, 0) is 26.1 Å². The summed E-state index contributed by atoms with van der Waals surface area (Å²) in [6.45, 7) is 1.06. The maximum absolute atomic E-state index is 11.7. The van der Waals surface area contributed by atoms with E-state index in [4.69, 9.17) is 10.5 Å². The van der Waals surface area contributed by atoms with Crippen molar-refractivity contribution in [1.29, 1.82) is 0 Å². The smallest absolute Gasteiger partial charge is 0.327 e. The van der Waals surface area contributed by atoms with Crippen molar-refractivity contribution in [2.24, 2.45) is 5.92 Å². The fraction of sp³-hybridized carbons (Fsp3) is 0.727. The van der Waals surface area contributed by atoms with Gasteiger partial charge in [-0.3, -0.25) is 4.79 Å². The number of sulfonamides is 1. The zero-order chi connectivity index (χ0) is 15.5. The molecule has 2 N–H and O–H groups in total. The minimum atomic E-state index is -3.19. The van der Waals surface area contributed by atoms with Gasteiger partial charge in [-0.05, 0) is 12.8 Å². The van der Waals surface area contributed by atoms with E-state index in [1.807, 2.05) is 0 Å². The first-order valence-corrected chi connectivity index (χ1v) is 8.45. The number of carbonyl (C=O) groups excluding carboxylic acids is 1. The normalized spacial score (nSPS) is 20.3. The fourth-order valence-electron chi connectivity index (χ4n) is 2.24. The van der Waals surface area contributed by atoms with Gasteiger partial charge in [0, 0.05) is 19.0 Å². The molecule has 2 heterocycles. The monoisotopic (exact) mass is 317 g/mol. The summed E-state index contributed by atoms with van der Waals surface area (Å²) in [5.74, 6) is -0.325. The Morgan fingerprint density at radius 1 is 1.57 bits per heavy atom. The first kappa shape index (κ1) is 15.7. The van der Waals surface area contributed by atoms with E-state index in [1.165, 1.54) is 21.6 Å². The molecular formula is C11H19N5O4S. The number of hydrogen-bond donors (Lipinski definition) is 1. The van der Waals surface area contributed by atoms with Crippen LogP contribution in [0, 0.1) is 5.92 Å². The molecule has 10 heteroatoms. The van der Waals surface area contributed by atoms with Crippen LogP contribution in [0.3, 0.4) is 0 Å². The van der Waals surface area contributed by atoms with E-state index in [2.05, 4.69) is 10.1 Å². The van der Waals surface area contributed by atoms with E-state index in [9.17, 15) is 13.2 Å². The lowest BCUT2D eigenvalue weighted by Crippen LogP contribution is -2.40. The Morgan fingerprint density at radius 3 is 2.95 bits per heavy atom. The molecule has 0 amide bonds. The predicted octanol–water partition coefficient (Wildman–Crippen LogP) is -0.925. The number of nitrogen functional groups attached to an aromatic ring is 1. The summed E-state index contributed by atoms with van der Waals surface area (Å²) in [7, 11) is -3.19.